The van der Waals surface area contributed by atoms with Gasteiger partial charge in [0.2, 0.25) is 0 Å². The summed E-state index contributed by atoms with van der Waals surface area (Å²) in [5.74, 6) is 1.29. The summed E-state index contributed by atoms with van der Waals surface area (Å²) in [6.07, 6.45) is 4.70. The molecule has 1 aromatic rings. The van der Waals surface area contributed by atoms with E-state index in [4.69, 9.17) is 4.42 Å². The summed E-state index contributed by atoms with van der Waals surface area (Å²) in [7, 11) is 0. The van der Waals surface area contributed by atoms with Crippen molar-refractivity contribution in [1.82, 2.24) is 0 Å². The van der Waals surface area contributed by atoms with Crippen molar-refractivity contribution in [1.29, 1.82) is 0 Å². The van der Waals surface area contributed by atoms with Gasteiger partial charge in [0, 0.05) is 23.3 Å². The van der Waals surface area contributed by atoms with Crippen molar-refractivity contribution >= 4 is 5.57 Å². The Balaban J connectivity index is 2.62. The van der Waals surface area contributed by atoms with Gasteiger partial charge in [-0.3, -0.25) is 0 Å². The molecule has 0 saturated heterocycles. The van der Waals surface area contributed by atoms with E-state index >= 15 is 0 Å². The van der Waals surface area contributed by atoms with Crippen LogP contribution in [0.1, 0.15) is 30.7 Å². The number of rotatable bonds is 2. The van der Waals surface area contributed by atoms with Crippen molar-refractivity contribution in [2.75, 3.05) is 0 Å². The molecule has 0 aliphatic heterocycles. The SMILES string of the molecule is C=C[C@]1(C)Cc2occ(C)c2C(=C)[C@H]1C(=C)C. The third-order valence-corrected chi connectivity index (χ3v) is 3.88. The zero-order valence-electron chi connectivity index (χ0n) is 11.0. The van der Waals surface area contributed by atoms with Crippen LogP contribution in [0.2, 0.25) is 0 Å². The zero-order chi connectivity index (χ0) is 12.8. The Morgan fingerprint density at radius 1 is 1.59 bits per heavy atom. The standard InChI is InChI=1S/C16H20O/c1-7-16(6)8-13-14(11(4)9-17-13)12(5)15(16)10(2)3/h7,9,15H,1-2,5,8H2,3-4,6H3/t15-,16-/m1/s1. The molecule has 0 aromatic carbocycles. The molecule has 1 aromatic heterocycles. The second-order valence-corrected chi connectivity index (χ2v) is 5.41. The fraction of sp³-hybridized carbons (Fsp3) is 0.375. The Labute approximate surface area is 104 Å². The molecule has 2 atom stereocenters. The van der Waals surface area contributed by atoms with E-state index in [0.29, 0.717) is 0 Å². The molecule has 1 heteroatoms. The molecule has 2 rings (SSSR count). The van der Waals surface area contributed by atoms with E-state index in [0.717, 1.165) is 23.3 Å². The minimum atomic E-state index is -0.0415. The Kier molecular flexibility index (Phi) is 2.65. The summed E-state index contributed by atoms with van der Waals surface area (Å²) >= 11 is 0. The van der Waals surface area contributed by atoms with Gasteiger partial charge in [-0.1, -0.05) is 31.7 Å². The fourth-order valence-electron chi connectivity index (χ4n) is 3.10. The van der Waals surface area contributed by atoms with Gasteiger partial charge in [0.15, 0.2) is 0 Å². The Hall–Kier alpha value is -1.50. The molecule has 0 N–H and O–H groups in total. The first-order valence-corrected chi connectivity index (χ1v) is 5.96. The van der Waals surface area contributed by atoms with Crippen molar-refractivity contribution in [2.45, 2.75) is 27.2 Å². The molecule has 0 unspecified atom stereocenters. The molecule has 0 bridgehead atoms. The molecule has 1 nitrogen and oxygen atoms in total. The maximum atomic E-state index is 5.64. The zero-order valence-corrected chi connectivity index (χ0v) is 11.0. The van der Waals surface area contributed by atoms with Gasteiger partial charge in [0.05, 0.1) is 6.26 Å². The lowest BCUT2D eigenvalue weighted by molar-refractivity contribution is 0.309. The average molecular weight is 228 g/mol. The van der Waals surface area contributed by atoms with Crippen molar-refractivity contribution in [3.8, 4) is 0 Å². The Morgan fingerprint density at radius 2 is 2.24 bits per heavy atom. The monoisotopic (exact) mass is 228 g/mol. The van der Waals surface area contributed by atoms with Crippen LogP contribution >= 0.6 is 0 Å². The van der Waals surface area contributed by atoms with Crippen LogP contribution in [0.4, 0.5) is 0 Å². The topological polar surface area (TPSA) is 13.1 Å². The molecular weight excluding hydrogens is 208 g/mol. The van der Waals surface area contributed by atoms with Gasteiger partial charge >= 0.3 is 0 Å². The summed E-state index contributed by atoms with van der Waals surface area (Å²) in [6, 6.07) is 0. The van der Waals surface area contributed by atoms with E-state index in [1.807, 2.05) is 12.3 Å². The van der Waals surface area contributed by atoms with Gasteiger partial charge < -0.3 is 4.42 Å². The molecule has 0 fully saturated rings. The summed E-state index contributed by atoms with van der Waals surface area (Å²) in [5, 5.41) is 0. The number of hydrogen-bond donors (Lipinski definition) is 0. The van der Waals surface area contributed by atoms with E-state index in [9.17, 15) is 0 Å². The van der Waals surface area contributed by atoms with Crippen molar-refractivity contribution < 1.29 is 4.42 Å². The molecule has 0 radical (unpaired) electrons. The lowest BCUT2D eigenvalue weighted by Crippen LogP contribution is -2.33. The van der Waals surface area contributed by atoms with Crippen LogP contribution < -0.4 is 0 Å². The molecular formula is C16H20O. The van der Waals surface area contributed by atoms with Gasteiger partial charge in [0.25, 0.3) is 0 Å². The Morgan fingerprint density at radius 3 is 2.76 bits per heavy atom. The lowest BCUT2D eigenvalue weighted by Gasteiger charge is -2.40. The summed E-state index contributed by atoms with van der Waals surface area (Å²) < 4.78 is 5.64. The van der Waals surface area contributed by atoms with Gasteiger partial charge in [-0.05, 0) is 25.0 Å². The van der Waals surface area contributed by atoms with Crippen LogP contribution in [0.3, 0.4) is 0 Å². The quantitative estimate of drug-likeness (QED) is 0.677. The van der Waals surface area contributed by atoms with Crippen molar-refractivity contribution in [3.63, 3.8) is 0 Å². The molecule has 1 heterocycles. The highest BCUT2D eigenvalue weighted by Crippen LogP contribution is 2.50. The van der Waals surface area contributed by atoms with Gasteiger partial charge in [-0.2, -0.15) is 0 Å². The van der Waals surface area contributed by atoms with E-state index in [1.54, 1.807) is 0 Å². The molecule has 0 amide bonds. The maximum Gasteiger partial charge on any atom is 0.112 e. The number of hydrogen-bond acceptors (Lipinski definition) is 1. The first-order chi connectivity index (χ1) is 7.90. The van der Waals surface area contributed by atoms with Crippen LogP contribution in [0.25, 0.3) is 5.57 Å². The van der Waals surface area contributed by atoms with E-state index in [1.165, 1.54) is 11.1 Å². The third kappa shape index (κ3) is 1.61. The smallest absolute Gasteiger partial charge is 0.112 e. The molecule has 1 aliphatic carbocycles. The number of aryl methyl sites for hydroxylation is 1. The second-order valence-electron chi connectivity index (χ2n) is 5.41. The minimum absolute atomic E-state index is 0.0415. The van der Waals surface area contributed by atoms with Crippen LogP contribution in [-0.4, -0.2) is 0 Å². The highest BCUT2D eigenvalue weighted by atomic mass is 16.3. The first kappa shape index (κ1) is 12.0. The molecule has 0 spiro atoms. The highest BCUT2D eigenvalue weighted by molar-refractivity contribution is 5.74. The van der Waals surface area contributed by atoms with Gasteiger partial charge in [0.1, 0.15) is 5.76 Å². The molecule has 17 heavy (non-hydrogen) atoms. The Bertz CT molecular complexity index is 504. The first-order valence-electron chi connectivity index (χ1n) is 5.96. The fourth-order valence-corrected chi connectivity index (χ4v) is 3.10. The minimum Gasteiger partial charge on any atom is -0.468 e. The normalized spacial score (nSPS) is 27.7. The molecule has 1 aliphatic rings. The second kappa shape index (κ2) is 3.76. The van der Waals surface area contributed by atoms with Crippen LogP contribution in [0.15, 0.2) is 42.1 Å². The van der Waals surface area contributed by atoms with Crippen molar-refractivity contribution in [2.24, 2.45) is 11.3 Å². The average Bonchev–Trinajstić information content (AvgIpc) is 2.59. The van der Waals surface area contributed by atoms with Crippen LogP contribution in [0, 0.1) is 18.3 Å². The number of fused-ring (bicyclic) bond motifs is 1. The maximum absolute atomic E-state index is 5.64. The van der Waals surface area contributed by atoms with Crippen LogP contribution in [0.5, 0.6) is 0 Å². The summed E-state index contributed by atoms with van der Waals surface area (Å²) in [5.41, 5.74) is 4.58. The summed E-state index contributed by atoms with van der Waals surface area (Å²) in [6.45, 7) is 18.7. The molecule has 0 saturated carbocycles. The van der Waals surface area contributed by atoms with E-state index < -0.39 is 0 Å². The molecule has 90 valence electrons. The highest BCUT2D eigenvalue weighted by Gasteiger charge is 2.41. The predicted molar refractivity (Wildman–Crippen MR) is 72.8 cm³/mol. The van der Waals surface area contributed by atoms with Crippen molar-refractivity contribution in [3.05, 3.63) is 54.5 Å². The van der Waals surface area contributed by atoms with Gasteiger partial charge in [-0.15, -0.1) is 6.58 Å². The van der Waals surface area contributed by atoms with E-state index in [-0.39, 0.29) is 11.3 Å². The predicted octanol–water partition coefficient (Wildman–Crippen LogP) is 4.54. The number of furan rings is 1. The third-order valence-electron chi connectivity index (χ3n) is 3.88. The van der Waals surface area contributed by atoms with Gasteiger partial charge in [-0.25, -0.2) is 0 Å². The summed E-state index contributed by atoms with van der Waals surface area (Å²) in [4.78, 5) is 0. The largest absolute Gasteiger partial charge is 0.468 e. The van der Waals surface area contributed by atoms with Crippen LogP contribution in [-0.2, 0) is 6.42 Å². The lowest BCUT2D eigenvalue weighted by atomic mass is 9.63. The van der Waals surface area contributed by atoms with E-state index in [2.05, 4.69) is 40.5 Å². The number of allylic oxidation sites excluding steroid dienone is 3.